The molecule has 2 rings (SSSR count). The molecule has 4 heteroatoms. The van der Waals surface area contributed by atoms with Crippen molar-refractivity contribution in [3.63, 3.8) is 0 Å². The van der Waals surface area contributed by atoms with Crippen molar-refractivity contribution >= 4 is 11.6 Å². The predicted octanol–water partition coefficient (Wildman–Crippen LogP) is 4.38. The Labute approximate surface area is 132 Å². The van der Waals surface area contributed by atoms with Gasteiger partial charge >= 0.3 is 0 Å². The van der Waals surface area contributed by atoms with E-state index in [1.807, 2.05) is 0 Å². The standard InChI is InChI=1S/C17H26ClFN2/c1-12(2)11-21(14-5-3-4-6-14)17(10-20)15-9-13(18)7-8-16(15)19/h7-9,12,14,17H,3-6,10-11,20H2,1-2H3. The maximum Gasteiger partial charge on any atom is 0.128 e. The zero-order chi connectivity index (χ0) is 15.4. The molecule has 0 aliphatic heterocycles. The lowest BCUT2D eigenvalue weighted by atomic mass is 10.00. The number of rotatable bonds is 6. The minimum absolute atomic E-state index is 0.0887. The van der Waals surface area contributed by atoms with Gasteiger partial charge in [-0.3, -0.25) is 4.90 Å². The van der Waals surface area contributed by atoms with Crippen molar-refractivity contribution in [2.24, 2.45) is 11.7 Å². The molecule has 2 N–H and O–H groups in total. The molecule has 1 saturated carbocycles. The zero-order valence-electron chi connectivity index (χ0n) is 13.0. The number of hydrogen-bond acceptors (Lipinski definition) is 2. The van der Waals surface area contributed by atoms with E-state index >= 15 is 0 Å². The molecule has 0 aromatic heterocycles. The average Bonchev–Trinajstić information content (AvgIpc) is 2.95. The lowest BCUT2D eigenvalue weighted by Gasteiger charge is -2.37. The van der Waals surface area contributed by atoms with Crippen molar-refractivity contribution < 1.29 is 4.39 Å². The minimum Gasteiger partial charge on any atom is -0.329 e. The van der Waals surface area contributed by atoms with Gasteiger partial charge in [-0.1, -0.05) is 38.3 Å². The van der Waals surface area contributed by atoms with Crippen LogP contribution in [-0.4, -0.2) is 24.0 Å². The van der Waals surface area contributed by atoms with Gasteiger partial charge in [0.2, 0.25) is 0 Å². The quantitative estimate of drug-likeness (QED) is 0.844. The first kappa shape index (κ1) is 16.7. The Morgan fingerprint density at radius 2 is 2.00 bits per heavy atom. The molecule has 0 bridgehead atoms. The highest BCUT2D eigenvalue weighted by Crippen LogP contribution is 2.33. The molecule has 1 fully saturated rings. The van der Waals surface area contributed by atoms with Gasteiger partial charge < -0.3 is 5.73 Å². The molecule has 0 amide bonds. The van der Waals surface area contributed by atoms with Gasteiger partial charge in [0.15, 0.2) is 0 Å². The SMILES string of the molecule is CC(C)CN(C1CCCC1)C(CN)c1cc(Cl)ccc1F. The summed E-state index contributed by atoms with van der Waals surface area (Å²) in [5.74, 6) is 0.323. The van der Waals surface area contributed by atoms with Gasteiger partial charge in [0.1, 0.15) is 5.82 Å². The molecule has 21 heavy (non-hydrogen) atoms. The first-order valence-corrected chi connectivity index (χ1v) is 8.31. The fourth-order valence-corrected chi connectivity index (χ4v) is 3.58. The van der Waals surface area contributed by atoms with Gasteiger partial charge in [0.25, 0.3) is 0 Å². The second kappa shape index (κ2) is 7.57. The van der Waals surface area contributed by atoms with E-state index in [0.717, 1.165) is 6.54 Å². The third kappa shape index (κ3) is 4.18. The first-order chi connectivity index (χ1) is 10.0. The van der Waals surface area contributed by atoms with Crippen LogP contribution in [0.15, 0.2) is 18.2 Å². The van der Waals surface area contributed by atoms with E-state index in [9.17, 15) is 4.39 Å². The highest BCUT2D eigenvalue weighted by Gasteiger charge is 2.30. The number of nitrogens with zero attached hydrogens (tertiary/aromatic N) is 1. The van der Waals surface area contributed by atoms with E-state index in [1.165, 1.54) is 31.7 Å². The Kier molecular flexibility index (Phi) is 6.03. The van der Waals surface area contributed by atoms with Crippen LogP contribution in [0.2, 0.25) is 5.02 Å². The van der Waals surface area contributed by atoms with E-state index in [4.69, 9.17) is 17.3 Å². The van der Waals surface area contributed by atoms with Gasteiger partial charge in [-0.25, -0.2) is 4.39 Å². The summed E-state index contributed by atoms with van der Waals surface area (Å²) in [5.41, 5.74) is 6.65. The lowest BCUT2D eigenvalue weighted by molar-refractivity contribution is 0.119. The summed E-state index contributed by atoms with van der Waals surface area (Å²) in [6.45, 7) is 5.76. The third-order valence-corrected chi connectivity index (χ3v) is 4.55. The molecular weight excluding hydrogens is 287 g/mol. The van der Waals surface area contributed by atoms with Crippen molar-refractivity contribution in [1.29, 1.82) is 0 Å². The van der Waals surface area contributed by atoms with E-state index in [0.29, 0.717) is 29.1 Å². The van der Waals surface area contributed by atoms with Crippen LogP contribution in [0.1, 0.15) is 51.1 Å². The molecule has 0 heterocycles. The average molecular weight is 313 g/mol. The lowest BCUT2D eigenvalue weighted by Crippen LogP contribution is -2.42. The molecule has 118 valence electrons. The van der Waals surface area contributed by atoms with E-state index in [1.54, 1.807) is 12.1 Å². The number of benzene rings is 1. The molecule has 2 nitrogen and oxygen atoms in total. The Morgan fingerprint density at radius 3 is 2.57 bits per heavy atom. The van der Waals surface area contributed by atoms with Crippen molar-refractivity contribution in [2.45, 2.75) is 51.6 Å². The Balaban J connectivity index is 2.31. The Bertz CT molecular complexity index is 458. The largest absolute Gasteiger partial charge is 0.329 e. The fourth-order valence-electron chi connectivity index (χ4n) is 3.40. The van der Waals surface area contributed by atoms with Gasteiger partial charge in [-0.2, -0.15) is 0 Å². The van der Waals surface area contributed by atoms with Crippen molar-refractivity contribution in [3.8, 4) is 0 Å². The molecule has 1 aromatic rings. The highest BCUT2D eigenvalue weighted by atomic mass is 35.5. The number of nitrogens with two attached hydrogens (primary N) is 1. The Hall–Kier alpha value is -0.640. The molecule has 1 atom stereocenters. The van der Waals surface area contributed by atoms with E-state index in [-0.39, 0.29) is 11.9 Å². The normalized spacial score (nSPS) is 17.9. The summed E-state index contributed by atoms with van der Waals surface area (Å²) in [4.78, 5) is 2.41. The van der Waals surface area contributed by atoms with Gasteiger partial charge in [-0.15, -0.1) is 0 Å². The molecule has 0 saturated heterocycles. The molecule has 0 spiro atoms. The van der Waals surface area contributed by atoms with Gasteiger partial charge in [0, 0.05) is 29.7 Å². The van der Waals surface area contributed by atoms with E-state index in [2.05, 4.69) is 18.7 Å². The molecular formula is C17H26ClFN2. The van der Waals surface area contributed by atoms with E-state index < -0.39 is 0 Å². The summed E-state index contributed by atoms with van der Waals surface area (Å²) in [7, 11) is 0. The summed E-state index contributed by atoms with van der Waals surface area (Å²) in [6, 6.07) is 5.20. The number of halogens is 2. The topological polar surface area (TPSA) is 29.3 Å². The molecule has 1 aliphatic rings. The predicted molar refractivity (Wildman–Crippen MR) is 87.0 cm³/mol. The fraction of sp³-hybridized carbons (Fsp3) is 0.647. The van der Waals surface area contributed by atoms with Crippen molar-refractivity contribution in [1.82, 2.24) is 4.90 Å². The second-order valence-electron chi connectivity index (χ2n) is 6.45. The molecule has 0 radical (unpaired) electrons. The van der Waals surface area contributed by atoms with Crippen LogP contribution in [0.5, 0.6) is 0 Å². The summed E-state index contributed by atoms with van der Waals surface area (Å²) in [6.07, 6.45) is 4.89. The summed E-state index contributed by atoms with van der Waals surface area (Å²) in [5, 5.41) is 0.570. The highest BCUT2D eigenvalue weighted by molar-refractivity contribution is 6.30. The van der Waals surface area contributed by atoms with Crippen LogP contribution in [-0.2, 0) is 0 Å². The molecule has 1 aliphatic carbocycles. The zero-order valence-corrected chi connectivity index (χ0v) is 13.7. The van der Waals surface area contributed by atoms with Crippen LogP contribution < -0.4 is 5.73 Å². The van der Waals surface area contributed by atoms with Crippen LogP contribution >= 0.6 is 11.6 Å². The minimum atomic E-state index is -0.207. The second-order valence-corrected chi connectivity index (χ2v) is 6.88. The van der Waals surface area contributed by atoms with Gasteiger partial charge in [-0.05, 0) is 37.0 Å². The molecule has 1 aromatic carbocycles. The third-order valence-electron chi connectivity index (χ3n) is 4.31. The van der Waals surface area contributed by atoms with Crippen LogP contribution in [0.3, 0.4) is 0 Å². The first-order valence-electron chi connectivity index (χ1n) is 7.93. The monoisotopic (exact) mass is 312 g/mol. The van der Waals surface area contributed by atoms with Gasteiger partial charge in [0.05, 0.1) is 6.04 Å². The van der Waals surface area contributed by atoms with Crippen molar-refractivity contribution in [3.05, 3.63) is 34.6 Å². The van der Waals surface area contributed by atoms with Crippen LogP contribution in [0, 0.1) is 11.7 Å². The number of hydrogen-bond donors (Lipinski definition) is 1. The summed E-state index contributed by atoms with van der Waals surface area (Å²) < 4.78 is 14.3. The van der Waals surface area contributed by atoms with Crippen molar-refractivity contribution in [2.75, 3.05) is 13.1 Å². The maximum atomic E-state index is 14.3. The molecule has 1 unspecified atom stereocenters. The maximum absolute atomic E-state index is 14.3. The smallest absolute Gasteiger partial charge is 0.128 e. The Morgan fingerprint density at radius 1 is 1.33 bits per heavy atom. The van der Waals surface area contributed by atoms with Crippen LogP contribution in [0.25, 0.3) is 0 Å². The summed E-state index contributed by atoms with van der Waals surface area (Å²) >= 11 is 6.06. The van der Waals surface area contributed by atoms with Crippen LogP contribution in [0.4, 0.5) is 4.39 Å².